The van der Waals surface area contributed by atoms with E-state index < -0.39 is 11.5 Å². The van der Waals surface area contributed by atoms with E-state index in [9.17, 15) is 9.18 Å². The molecule has 1 atom stereocenters. The largest absolute Gasteiger partial charge is 0.493 e. The molecule has 104 valence electrons. The molecule has 0 N–H and O–H groups in total. The van der Waals surface area contributed by atoms with Crippen LogP contribution in [0.15, 0.2) is 12.1 Å². The normalized spacial score (nSPS) is 15.7. The quantitative estimate of drug-likeness (QED) is 0.800. The zero-order valence-electron chi connectivity index (χ0n) is 10.8. The van der Waals surface area contributed by atoms with E-state index in [1.54, 1.807) is 14.2 Å². The van der Waals surface area contributed by atoms with Gasteiger partial charge >= 0.3 is 0 Å². The van der Waals surface area contributed by atoms with E-state index in [0.717, 1.165) is 11.1 Å². The van der Waals surface area contributed by atoms with Crippen LogP contribution in [0, 0.1) is 0 Å². The van der Waals surface area contributed by atoms with Gasteiger partial charge in [-0.2, -0.15) is 0 Å². The number of benzene rings is 1. The van der Waals surface area contributed by atoms with Crippen LogP contribution in [0.1, 0.15) is 11.1 Å². The number of carbonyl (C=O) groups is 1. The van der Waals surface area contributed by atoms with Gasteiger partial charge in [-0.15, -0.1) is 0 Å². The van der Waals surface area contributed by atoms with E-state index in [-0.39, 0.29) is 0 Å². The van der Waals surface area contributed by atoms with Crippen molar-refractivity contribution in [3.8, 4) is 11.5 Å². The summed E-state index contributed by atoms with van der Waals surface area (Å²) in [6, 6.07) is 3.71. The van der Waals surface area contributed by atoms with Crippen LogP contribution in [-0.4, -0.2) is 37.2 Å². The first-order chi connectivity index (χ1) is 9.06. The number of halogens is 2. The van der Waals surface area contributed by atoms with Gasteiger partial charge in [0.05, 0.1) is 14.2 Å². The lowest BCUT2D eigenvalue weighted by molar-refractivity contribution is -0.134. The van der Waals surface area contributed by atoms with Crippen molar-refractivity contribution in [2.24, 2.45) is 0 Å². The predicted octanol–water partition coefficient (Wildman–Crippen LogP) is 2.12. The summed E-state index contributed by atoms with van der Waals surface area (Å²) in [4.78, 5) is 13.0. The van der Waals surface area contributed by atoms with Gasteiger partial charge in [0.25, 0.3) is 11.5 Å². The van der Waals surface area contributed by atoms with Crippen molar-refractivity contribution in [2.45, 2.75) is 18.6 Å². The molecule has 19 heavy (non-hydrogen) atoms. The van der Waals surface area contributed by atoms with Gasteiger partial charge in [-0.25, -0.2) is 4.39 Å². The second kappa shape index (κ2) is 5.65. The monoisotopic (exact) mass is 287 g/mol. The van der Waals surface area contributed by atoms with Gasteiger partial charge in [0.2, 0.25) is 0 Å². The Hall–Kier alpha value is -1.49. The van der Waals surface area contributed by atoms with E-state index in [1.165, 1.54) is 4.90 Å². The summed E-state index contributed by atoms with van der Waals surface area (Å²) in [6.07, 6.45) is 0.644. The van der Waals surface area contributed by atoms with Gasteiger partial charge in [0.1, 0.15) is 0 Å². The predicted molar refractivity (Wildman–Crippen MR) is 69.4 cm³/mol. The minimum absolute atomic E-state index is 0.335. The van der Waals surface area contributed by atoms with Gasteiger partial charge in [-0.3, -0.25) is 4.79 Å². The van der Waals surface area contributed by atoms with Crippen molar-refractivity contribution >= 4 is 17.5 Å². The molecule has 1 aliphatic heterocycles. The Balaban J connectivity index is 2.27. The average molecular weight is 288 g/mol. The Morgan fingerprint density at radius 3 is 2.42 bits per heavy atom. The number of ether oxygens (including phenoxy) is 2. The van der Waals surface area contributed by atoms with Crippen molar-refractivity contribution in [2.75, 3.05) is 20.8 Å². The van der Waals surface area contributed by atoms with Crippen molar-refractivity contribution in [1.82, 2.24) is 4.90 Å². The molecule has 0 aromatic heterocycles. The molecule has 1 aromatic carbocycles. The Kier molecular flexibility index (Phi) is 4.14. The van der Waals surface area contributed by atoms with Crippen LogP contribution in [0.25, 0.3) is 0 Å². The zero-order chi connectivity index (χ0) is 14.0. The number of alkyl halides is 2. The molecule has 1 heterocycles. The Morgan fingerprint density at radius 1 is 1.32 bits per heavy atom. The lowest BCUT2D eigenvalue weighted by atomic mass is 9.99. The van der Waals surface area contributed by atoms with E-state index in [2.05, 4.69) is 0 Å². The molecule has 2 rings (SSSR count). The van der Waals surface area contributed by atoms with Gasteiger partial charge in [0, 0.05) is 13.1 Å². The number of nitrogens with zero attached hydrogens (tertiary/aromatic N) is 1. The maximum atomic E-state index is 12.8. The number of carbonyl (C=O) groups excluding carboxylic acids is 1. The van der Waals surface area contributed by atoms with Gasteiger partial charge in [-0.1, -0.05) is 11.6 Å². The summed E-state index contributed by atoms with van der Waals surface area (Å²) in [5.41, 5.74) is 0.0166. The molecule has 0 spiro atoms. The summed E-state index contributed by atoms with van der Waals surface area (Å²) in [6.45, 7) is 0.788. The number of methoxy groups -OCH3 is 2. The van der Waals surface area contributed by atoms with Crippen LogP contribution in [0.4, 0.5) is 4.39 Å². The summed E-state index contributed by atoms with van der Waals surface area (Å²) in [7, 11) is 3.12. The third-order valence-electron chi connectivity index (χ3n) is 3.22. The number of rotatable bonds is 3. The molecule has 0 saturated heterocycles. The molecular formula is C13H15ClFNO3. The molecule has 0 fully saturated rings. The maximum Gasteiger partial charge on any atom is 0.273 e. The van der Waals surface area contributed by atoms with Gasteiger partial charge in [-0.05, 0) is 29.7 Å². The fourth-order valence-corrected chi connectivity index (χ4v) is 2.35. The minimum Gasteiger partial charge on any atom is -0.493 e. The molecular weight excluding hydrogens is 273 g/mol. The average Bonchev–Trinajstić information content (AvgIpc) is 2.44. The Bertz CT molecular complexity index is 493. The lowest BCUT2D eigenvalue weighted by Gasteiger charge is -2.29. The number of hydrogen-bond acceptors (Lipinski definition) is 3. The standard InChI is InChI=1S/C13H15ClFNO3/c1-18-10-5-8-3-4-16(13(17)12(14)15)7-9(8)6-11(10)19-2/h5-6,12H,3-4,7H2,1-2H3. The highest BCUT2D eigenvalue weighted by Gasteiger charge is 2.26. The summed E-state index contributed by atoms with van der Waals surface area (Å²) in [5.74, 6) is 0.557. The highest BCUT2D eigenvalue weighted by atomic mass is 35.5. The molecule has 0 aliphatic carbocycles. The summed E-state index contributed by atoms with van der Waals surface area (Å²) < 4.78 is 23.3. The van der Waals surface area contributed by atoms with Crippen molar-refractivity contribution in [3.05, 3.63) is 23.3 Å². The van der Waals surface area contributed by atoms with Crippen LogP contribution < -0.4 is 9.47 Å². The van der Waals surface area contributed by atoms with Crippen LogP contribution in [-0.2, 0) is 17.8 Å². The molecule has 1 amide bonds. The van der Waals surface area contributed by atoms with Crippen LogP contribution in [0.5, 0.6) is 11.5 Å². The topological polar surface area (TPSA) is 38.8 Å². The van der Waals surface area contributed by atoms with Crippen molar-refractivity contribution in [1.29, 1.82) is 0 Å². The van der Waals surface area contributed by atoms with Crippen LogP contribution in [0.3, 0.4) is 0 Å². The first-order valence-corrected chi connectivity index (χ1v) is 6.31. The highest BCUT2D eigenvalue weighted by molar-refractivity contribution is 6.29. The van der Waals surface area contributed by atoms with Gasteiger partial charge in [0.15, 0.2) is 11.5 Å². The van der Waals surface area contributed by atoms with Crippen LogP contribution in [0.2, 0.25) is 0 Å². The second-order valence-electron chi connectivity index (χ2n) is 4.29. The van der Waals surface area contributed by atoms with Crippen LogP contribution >= 0.6 is 11.6 Å². The highest BCUT2D eigenvalue weighted by Crippen LogP contribution is 2.33. The molecule has 0 bridgehead atoms. The molecule has 0 radical (unpaired) electrons. The van der Waals surface area contributed by atoms with E-state index >= 15 is 0 Å². The molecule has 4 nitrogen and oxygen atoms in total. The molecule has 6 heteroatoms. The molecule has 1 aliphatic rings. The Morgan fingerprint density at radius 2 is 1.89 bits per heavy atom. The SMILES string of the molecule is COc1cc2c(cc1OC)CN(C(=O)C(F)Cl)CC2. The second-order valence-corrected chi connectivity index (χ2v) is 4.67. The molecule has 1 aromatic rings. The first kappa shape index (κ1) is 13.9. The van der Waals surface area contributed by atoms with Gasteiger partial charge < -0.3 is 14.4 Å². The first-order valence-electron chi connectivity index (χ1n) is 5.87. The van der Waals surface area contributed by atoms with E-state index in [4.69, 9.17) is 21.1 Å². The summed E-state index contributed by atoms with van der Waals surface area (Å²) >= 11 is 5.19. The minimum atomic E-state index is -1.98. The zero-order valence-corrected chi connectivity index (χ0v) is 11.5. The van der Waals surface area contributed by atoms with Crippen molar-refractivity contribution in [3.63, 3.8) is 0 Å². The van der Waals surface area contributed by atoms with Crippen molar-refractivity contribution < 1.29 is 18.7 Å². The lowest BCUT2D eigenvalue weighted by Crippen LogP contribution is -2.39. The number of fused-ring (bicyclic) bond motifs is 1. The smallest absolute Gasteiger partial charge is 0.273 e. The number of amides is 1. The molecule has 0 saturated carbocycles. The summed E-state index contributed by atoms with van der Waals surface area (Å²) in [5, 5.41) is 0. The molecule has 1 unspecified atom stereocenters. The third-order valence-corrected chi connectivity index (χ3v) is 3.40. The fourth-order valence-electron chi connectivity index (χ4n) is 2.21. The maximum absolute atomic E-state index is 12.8. The Labute approximate surface area is 116 Å². The number of hydrogen-bond donors (Lipinski definition) is 0. The fraction of sp³-hybridized carbons (Fsp3) is 0.462. The van der Waals surface area contributed by atoms with E-state index in [0.29, 0.717) is 31.0 Å². The third kappa shape index (κ3) is 2.76. The van der Waals surface area contributed by atoms with E-state index in [1.807, 2.05) is 12.1 Å².